The Labute approximate surface area is 145 Å². The maximum Gasteiger partial charge on any atom is 0.326 e. The van der Waals surface area contributed by atoms with Gasteiger partial charge in [-0.15, -0.1) is 0 Å². The quantitative estimate of drug-likeness (QED) is 0.771. The Morgan fingerprint density at radius 1 is 1.20 bits per heavy atom. The fourth-order valence-corrected chi connectivity index (χ4v) is 2.48. The first kappa shape index (κ1) is 17.0. The lowest BCUT2D eigenvalue weighted by molar-refractivity contribution is -0.139. The summed E-state index contributed by atoms with van der Waals surface area (Å²) in [5, 5.41) is 11.8. The first-order valence-corrected chi connectivity index (χ1v) is 8.28. The Morgan fingerprint density at radius 2 is 1.96 bits per heavy atom. The lowest BCUT2D eigenvalue weighted by atomic mass is 10.1. The largest absolute Gasteiger partial charge is 0.480 e. The van der Waals surface area contributed by atoms with Gasteiger partial charge in [-0.3, -0.25) is 4.79 Å². The third kappa shape index (κ3) is 5.04. The van der Waals surface area contributed by atoms with Crippen molar-refractivity contribution in [1.82, 2.24) is 10.3 Å². The summed E-state index contributed by atoms with van der Waals surface area (Å²) < 4.78 is 5.57. The van der Waals surface area contributed by atoms with Crippen molar-refractivity contribution in [1.29, 1.82) is 0 Å². The van der Waals surface area contributed by atoms with Crippen molar-refractivity contribution in [3.8, 4) is 5.88 Å². The molecule has 1 aromatic carbocycles. The highest BCUT2D eigenvalue weighted by molar-refractivity contribution is 5.96. The topological polar surface area (TPSA) is 88.5 Å². The molecule has 130 valence electrons. The van der Waals surface area contributed by atoms with Gasteiger partial charge in [0, 0.05) is 12.3 Å². The number of aromatic nitrogens is 1. The number of hydrogen-bond acceptors (Lipinski definition) is 4. The van der Waals surface area contributed by atoms with Gasteiger partial charge < -0.3 is 15.2 Å². The van der Waals surface area contributed by atoms with Crippen LogP contribution in [-0.4, -0.2) is 28.0 Å². The number of pyridine rings is 1. The zero-order valence-electron chi connectivity index (χ0n) is 13.7. The third-order valence-electron chi connectivity index (χ3n) is 4.10. The van der Waals surface area contributed by atoms with Crippen LogP contribution in [0.4, 0.5) is 0 Å². The predicted octanol–water partition coefficient (Wildman–Crippen LogP) is 2.64. The van der Waals surface area contributed by atoms with Crippen molar-refractivity contribution in [3.63, 3.8) is 0 Å². The normalized spacial score (nSPS) is 14.6. The van der Waals surface area contributed by atoms with Gasteiger partial charge in [0.05, 0.1) is 5.56 Å². The predicted molar refractivity (Wildman–Crippen MR) is 91.2 cm³/mol. The molecule has 1 amide bonds. The molecule has 0 bridgehead atoms. The number of aliphatic carboxylic acids is 1. The molecule has 0 radical (unpaired) electrons. The van der Waals surface area contributed by atoms with Crippen molar-refractivity contribution in [2.24, 2.45) is 5.92 Å². The van der Waals surface area contributed by atoms with Gasteiger partial charge in [-0.1, -0.05) is 43.2 Å². The first-order valence-electron chi connectivity index (χ1n) is 8.28. The number of carboxylic acids is 1. The van der Waals surface area contributed by atoms with Crippen LogP contribution in [0.1, 0.15) is 35.2 Å². The van der Waals surface area contributed by atoms with E-state index in [-0.39, 0.29) is 0 Å². The second-order valence-electron chi connectivity index (χ2n) is 6.20. The summed E-state index contributed by atoms with van der Waals surface area (Å²) >= 11 is 0. The molecule has 1 atom stereocenters. The number of ether oxygens (including phenoxy) is 1. The second kappa shape index (κ2) is 7.79. The minimum atomic E-state index is -1.00. The summed E-state index contributed by atoms with van der Waals surface area (Å²) in [6.07, 6.45) is 3.95. The molecule has 2 aromatic rings. The van der Waals surface area contributed by atoms with Gasteiger partial charge in [0.2, 0.25) is 5.88 Å². The van der Waals surface area contributed by atoms with Crippen LogP contribution in [0.15, 0.2) is 48.7 Å². The number of nitrogens with zero attached hydrogens (tertiary/aromatic N) is 1. The Hall–Kier alpha value is -2.89. The number of amides is 1. The lowest BCUT2D eigenvalue weighted by Gasteiger charge is -2.14. The number of nitrogens with one attached hydrogen (secondary N) is 1. The van der Waals surface area contributed by atoms with Crippen LogP contribution in [0, 0.1) is 5.92 Å². The van der Waals surface area contributed by atoms with E-state index >= 15 is 0 Å². The highest BCUT2D eigenvalue weighted by atomic mass is 16.5. The van der Waals surface area contributed by atoms with E-state index in [0.717, 1.165) is 18.4 Å². The third-order valence-corrected chi connectivity index (χ3v) is 4.10. The molecule has 1 aliphatic carbocycles. The van der Waals surface area contributed by atoms with Crippen LogP contribution in [0.2, 0.25) is 0 Å². The molecule has 1 heterocycles. The molecule has 1 aliphatic rings. The van der Waals surface area contributed by atoms with E-state index in [4.69, 9.17) is 4.74 Å². The summed E-state index contributed by atoms with van der Waals surface area (Å²) in [5.41, 5.74) is 1.34. The van der Waals surface area contributed by atoms with E-state index in [9.17, 15) is 14.7 Å². The number of carbonyl (C=O) groups excluding carboxylic acids is 1. The van der Waals surface area contributed by atoms with E-state index < -0.39 is 17.9 Å². The summed E-state index contributed by atoms with van der Waals surface area (Å²) in [6, 6.07) is 12.0. The van der Waals surface area contributed by atoms with Crippen molar-refractivity contribution in [2.45, 2.75) is 31.9 Å². The Kier molecular flexibility index (Phi) is 5.28. The van der Waals surface area contributed by atoms with Crippen LogP contribution < -0.4 is 10.1 Å². The fourth-order valence-electron chi connectivity index (χ4n) is 2.48. The molecule has 1 saturated carbocycles. The smallest absolute Gasteiger partial charge is 0.326 e. The van der Waals surface area contributed by atoms with E-state index in [1.165, 1.54) is 6.20 Å². The van der Waals surface area contributed by atoms with Gasteiger partial charge in [-0.25, -0.2) is 9.78 Å². The van der Waals surface area contributed by atoms with E-state index in [1.54, 1.807) is 12.1 Å². The van der Waals surface area contributed by atoms with Gasteiger partial charge in [-0.05, 0) is 24.0 Å². The highest BCUT2D eigenvalue weighted by Crippen LogP contribution is 2.33. The SMILES string of the molecule is O=C(NC(CC1CC1)C(=O)O)c1ccc(OCc2ccccc2)nc1. The first-order chi connectivity index (χ1) is 12.1. The van der Waals surface area contributed by atoms with Crippen LogP contribution in [0.3, 0.4) is 0 Å². The second-order valence-corrected chi connectivity index (χ2v) is 6.20. The molecule has 25 heavy (non-hydrogen) atoms. The van der Waals surface area contributed by atoms with Gasteiger partial charge in [0.1, 0.15) is 12.6 Å². The molecule has 0 aliphatic heterocycles. The molecular formula is C19H20N2O4. The van der Waals surface area contributed by atoms with Crippen molar-refractivity contribution >= 4 is 11.9 Å². The summed E-state index contributed by atoms with van der Waals surface area (Å²) in [5.74, 6) is -0.618. The Bertz CT molecular complexity index is 727. The summed E-state index contributed by atoms with van der Waals surface area (Å²) in [6.45, 7) is 0.391. The maximum absolute atomic E-state index is 12.2. The van der Waals surface area contributed by atoms with Gasteiger partial charge in [0.15, 0.2) is 0 Å². The van der Waals surface area contributed by atoms with E-state index in [2.05, 4.69) is 10.3 Å². The molecule has 1 fully saturated rings. The maximum atomic E-state index is 12.2. The zero-order chi connectivity index (χ0) is 17.6. The summed E-state index contributed by atoms with van der Waals surface area (Å²) in [4.78, 5) is 27.6. The number of carboxylic acid groups (broad SMARTS) is 1. The molecule has 3 rings (SSSR count). The minimum absolute atomic E-state index is 0.314. The molecule has 0 saturated heterocycles. The van der Waals surface area contributed by atoms with Crippen LogP contribution in [0.25, 0.3) is 0 Å². The van der Waals surface area contributed by atoms with Crippen LogP contribution >= 0.6 is 0 Å². The van der Waals surface area contributed by atoms with E-state index in [0.29, 0.717) is 30.4 Å². The van der Waals surface area contributed by atoms with Crippen molar-refractivity contribution < 1.29 is 19.4 Å². The van der Waals surface area contributed by atoms with Crippen LogP contribution in [-0.2, 0) is 11.4 Å². The molecule has 0 spiro atoms. The number of benzene rings is 1. The number of hydrogen-bond donors (Lipinski definition) is 2. The molecule has 6 heteroatoms. The number of carbonyl (C=O) groups is 2. The average molecular weight is 340 g/mol. The lowest BCUT2D eigenvalue weighted by Crippen LogP contribution is -2.41. The zero-order valence-corrected chi connectivity index (χ0v) is 13.7. The minimum Gasteiger partial charge on any atom is -0.480 e. The van der Waals surface area contributed by atoms with Gasteiger partial charge in [-0.2, -0.15) is 0 Å². The fraction of sp³-hybridized carbons (Fsp3) is 0.316. The average Bonchev–Trinajstić information content (AvgIpc) is 3.44. The Balaban J connectivity index is 1.55. The molecule has 1 unspecified atom stereocenters. The van der Waals surface area contributed by atoms with Crippen LogP contribution in [0.5, 0.6) is 5.88 Å². The van der Waals surface area contributed by atoms with Gasteiger partial charge in [0.25, 0.3) is 5.91 Å². The van der Waals surface area contributed by atoms with Crippen molar-refractivity contribution in [3.05, 3.63) is 59.8 Å². The number of rotatable bonds is 8. The molecule has 1 aromatic heterocycles. The standard InChI is InChI=1S/C19H20N2O4/c22-18(21-16(19(23)24)10-13-6-7-13)15-8-9-17(20-11-15)25-12-14-4-2-1-3-5-14/h1-5,8-9,11,13,16H,6-7,10,12H2,(H,21,22)(H,23,24). The molecular weight excluding hydrogens is 320 g/mol. The van der Waals surface area contributed by atoms with Crippen molar-refractivity contribution in [2.75, 3.05) is 0 Å². The Morgan fingerprint density at radius 3 is 2.56 bits per heavy atom. The van der Waals surface area contributed by atoms with E-state index in [1.807, 2.05) is 30.3 Å². The summed E-state index contributed by atoms with van der Waals surface area (Å²) in [7, 11) is 0. The molecule has 2 N–H and O–H groups in total. The van der Waals surface area contributed by atoms with Gasteiger partial charge >= 0.3 is 5.97 Å². The monoisotopic (exact) mass is 340 g/mol. The highest BCUT2D eigenvalue weighted by Gasteiger charge is 2.30. The molecule has 6 nitrogen and oxygen atoms in total.